The van der Waals surface area contributed by atoms with E-state index in [0.29, 0.717) is 44.5 Å². The largest absolute Gasteiger partial charge is 0.496 e. The molecule has 2 atom stereocenters. The molecule has 1 amide bonds. The predicted octanol–water partition coefficient (Wildman–Crippen LogP) is 2.76. The van der Waals surface area contributed by atoms with Gasteiger partial charge in [-0.1, -0.05) is 6.92 Å². The first-order valence-electron chi connectivity index (χ1n) is 8.95. The minimum atomic E-state index is -0.456. The normalized spacial score (nSPS) is 25.8. The van der Waals surface area contributed by atoms with Crippen molar-refractivity contribution < 1.29 is 23.8 Å². The van der Waals surface area contributed by atoms with Gasteiger partial charge in [-0.05, 0) is 43.9 Å². The molecule has 1 N–H and O–H groups in total. The van der Waals surface area contributed by atoms with Crippen LogP contribution in [0.4, 0.5) is 4.39 Å². The van der Waals surface area contributed by atoms with Crippen LogP contribution >= 0.6 is 0 Å². The van der Waals surface area contributed by atoms with Crippen LogP contribution in [0.1, 0.15) is 49.4 Å². The highest BCUT2D eigenvalue weighted by atomic mass is 19.1. The number of halogens is 1. The van der Waals surface area contributed by atoms with Crippen molar-refractivity contribution in [3.63, 3.8) is 0 Å². The fourth-order valence-corrected chi connectivity index (χ4v) is 3.97. The summed E-state index contributed by atoms with van der Waals surface area (Å²) in [4.78, 5) is 14.5. The van der Waals surface area contributed by atoms with Crippen LogP contribution in [-0.4, -0.2) is 53.9 Å². The number of amides is 1. The molecule has 0 unspecified atom stereocenters. The molecule has 0 saturated carbocycles. The van der Waals surface area contributed by atoms with Crippen LogP contribution < -0.4 is 4.74 Å². The number of benzene rings is 1. The number of nitrogens with zero attached hydrogens (tertiary/aromatic N) is 1. The number of aliphatic hydroxyl groups is 1. The summed E-state index contributed by atoms with van der Waals surface area (Å²) >= 11 is 0. The minimum absolute atomic E-state index is 0.0781. The number of likely N-dealkylation sites (tertiary alicyclic amines) is 1. The van der Waals surface area contributed by atoms with Crippen LogP contribution in [0.2, 0.25) is 0 Å². The summed E-state index contributed by atoms with van der Waals surface area (Å²) in [6.45, 7) is 3.12. The van der Waals surface area contributed by atoms with Crippen molar-refractivity contribution in [2.45, 2.75) is 56.8 Å². The lowest BCUT2D eigenvalue weighted by atomic mass is 9.81. The zero-order valence-electron chi connectivity index (χ0n) is 14.8. The maximum absolute atomic E-state index is 13.5. The van der Waals surface area contributed by atoms with Gasteiger partial charge in [-0.3, -0.25) is 4.79 Å². The van der Waals surface area contributed by atoms with E-state index < -0.39 is 5.82 Å². The van der Waals surface area contributed by atoms with Gasteiger partial charge in [-0.25, -0.2) is 4.39 Å². The maximum atomic E-state index is 13.5. The predicted molar refractivity (Wildman–Crippen MR) is 91.2 cm³/mol. The Kier molecular flexibility index (Phi) is 5.29. The first-order chi connectivity index (χ1) is 12.0. The zero-order chi connectivity index (χ0) is 18.0. The molecule has 25 heavy (non-hydrogen) atoms. The summed E-state index contributed by atoms with van der Waals surface area (Å²) in [5.74, 6) is -0.307. The van der Waals surface area contributed by atoms with Crippen LogP contribution in [0.3, 0.4) is 0 Å². The third kappa shape index (κ3) is 3.80. The summed E-state index contributed by atoms with van der Waals surface area (Å²) in [6.07, 6.45) is 3.28. The Bertz CT molecular complexity index is 628. The highest BCUT2D eigenvalue weighted by Crippen LogP contribution is 2.38. The Labute approximate surface area is 147 Å². The van der Waals surface area contributed by atoms with E-state index >= 15 is 0 Å². The van der Waals surface area contributed by atoms with Gasteiger partial charge in [0, 0.05) is 19.5 Å². The van der Waals surface area contributed by atoms with Crippen molar-refractivity contribution in [1.82, 2.24) is 4.90 Å². The smallest absolute Gasteiger partial charge is 0.257 e. The van der Waals surface area contributed by atoms with Gasteiger partial charge in [0.25, 0.3) is 5.91 Å². The van der Waals surface area contributed by atoms with Crippen molar-refractivity contribution in [2.75, 3.05) is 20.2 Å². The standard InChI is InChI=1S/C19H26FNO4/c1-3-15-11-14(22)12-19(25-15)6-8-21(9-7-19)18(23)16-10-13(20)4-5-17(16)24-2/h4-5,10,14-15,22H,3,6-9,11-12H2,1-2H3/t14-,15+/m1/s1. The number of aliphatic hydroxyl groups excluding tert-OH is 1. The summed E-state index contributed by atoms with van der Waals surface area (Å²) in [6, 6.07) is 3.98. The van der Waals surface area contributed by atoms with Gasteiger partial charge in [-0.15, -0.1) is 0 Å². The molecule has 2 fully saturated rings. The molecule has 2 aliphatic rings. The number of carbonyl (C=O) groups is 1. The molecule has 138 valence electrons. The highest BCUT2D eigenvalue weighted by Gasteiger charge is 2.43. The average molecular weight is 351 g/mol. The molecule has 0 bridgehead atoms. The van der Waals surface area contributed by atoms with Crippen LogP contribution in [0, 0.1) is 5.82 Å². The number of methoxy groups -OCH3 is 1. The van der Waals surface area contributed by atoms with Crippen LogP contribution in [0.25, 0.3) is 0 Å². The molecule has 1 aromatic carbocycles. The average Bonchev–Trinajstić information content (AvgIpc) is 2.61. The molecule has 2 saturated heterocycles. The van der Waals surface area contributed by atoms with Crippen molar-refractivity contribution in [2.24, 2.45) is 0 Å². The SMILES string of the molecule is CC[C@H]1C[C@@H](O)CC2(CCN(C(=O)c3cc(F)ccc3OC)CC2)O1. The Morgan fingerprint density at radius 2 is 2.16 bits per heavy atom. The van der Waals surface area contributed by atoms with Gasteiger partial charge in [0.15, 0.2) is 0 Å². The van der Waals surface area contributed by atoms with Gasteiger partial charge in [0.05, 0.1) is 30.5 Å². The van der Waals surface area contributed by atoms with E-state index in [9.17, 15) is 14.3 Å². The second-order valence-electron chi connectivity index (χ2n) is 7.06. The minimum Gasteiger partial charge on any atom is -0.496 e. The number of hydrogen-bond acceptors (Lipinski definition) is 4. The molecule has 2 heterocycles. The second kappa shape index (κ2) is 7.30. The van der Waals surface area contributed by atoms with Gasteiger partial charge >= 0.3 is 0 Å². The molecule has 0 radical (unpaired) electrons. The molecule has 5 nitrogen and oxygen atoms in total. The molecule has 1 spiro atoms. The third-order valence-electron chi connectivity index (χ3n) is 5.37. The molecule has 3 rings (SSSR count). The number of rotatable bonds is 3. The summed E-state index contributed by atoms with van der Waals surface area (Å²) < 4.78 is 25.0. The van der Waals surface area contributed by atoms with Crippen LogP contribution in [0.15, 0.2) is 18.2 Å². The van der Waals surface area contributed by atoms with E-state index in [-0.39, 0.29) is 29.3 Å². The fraction of sp³-hybridized carbons (Fsp3) is 0.632. The highest BCUT2D eigenvalue weighted by molar-refractivity contribution is 5.97. The summed E-state index contributed by atoms with van der Waals surface area (Å²) in [7, 11) is 1.47. The van der Waals surface area contributed by atoms with Crippen molar-refractivity contribution in [3.8, 4) is 5.75 Å². The lowest BCUT2D eigenvalue weighted by molar-refractivity contribution is -0.179. The molecule has 0 aromatic heterocycles. The van der Waals surface area contributed by atoms with E-state index in [2.05, 4.69) is 6.92 Å². The van der Waals surface area contributed by atoms with Crippen LogP contribution in [-0.2, 0) is 4.74 Å². The Morgan fingerprint density at radius 1 is 1.44 bits per heavy atom. The topological polar surface area (TPSA) is 59.0 Å². The van der Waals surface area contributed by atoms with E-state index in [0.717, 1.165) is 6.42 Å². The van der Waals surface area contributed by atoms with Gasteiger partial charge in [-0.2, -0.15) is 0 Å². The van der Waals surface area contributed by atoms with E-state index in [1.165, 1.54) is 25.3 Å². The van der Waals surface area contributed by atoms with Crippen molar-refractivity contribution >= 4 is 5.91 Å². The van der Waals surface area contributed by atoms with Crippen LogP contribution in [0.5, 0.6) is 5.75 Å². The molecule has 1 aromatic rings. The summed E-state index contributed by atoms with van der Waals surface area (Å²) in [5.41, 5.74) is -0.101. The zero-order valence-corrected chi connectivity index (χ0v) is 14.8. The fourth-order valence-electron chi connectivity index (χ4n) is 3.97. The molecule has 0 aliphatic carbocycles. The number of ether oxygens (including phenoxy) is 2. The second-order valence-corrected chi connectivity index (χ2v) is 7.06. The first kappa shape index (κ1) is 18.1. The quantitative estimate of drug-likeness (QED) is 0.910. The Balaban J connectivity index is 1.70. The lowest BCUT2D eigenvalue weighted by Gasteiger charge is -2.47. The maximum Gasteiger partial charge on any atom is 0.257 e. The Hall–Kier alpha value is -1.66. The number of hydrogen-bond donors (Lipinski definition) is 1. The number of carbonyl (C=O) groups excluding carboxylic acids is 1. The van der Waals surface area contributed by atoms with Crippen molar-refractivity contribution in [3.05, 3.63) is 29.6 Å². The van der Waals surface area contributed by atoms with E-state index in [4.69, 9.17) is 9.47 Å². The third-order valence-corrected chi connectivity index (χ3v) is 5.37. The molecular weight excluding hydrogens is 325 g/mol. The molecule has 6 heteroatoms. The van der Waals surface area contributed by atoms with Gasteiger partial charge in [0.2, 0.25) is 0 Å². The van der Waals surface area contributed by atoms with E-state index in [1.807, 2.05) is 0 Å². The molecular formula is C19H26FNO4. The van der Waals surface area contributed by atoms with Crippen molar-refractivity contribution in [1.29, 1.82) is 0 Å². The molecule has 2 aliphatic heterocycles. The Morgan fingerprint density at radius 3 is 2.80 bits per heavy atom. The van der Waals surface area contributed by atoms with E-state index in [1.54, 1.807) is 4.90 Å². The first-order valence-corrected chi connectivity index (χ1v) is 8.95. The van der Waals surface area contributed by atoms with Gasteiger partial charge < -0.3 is 19.5 Å². The number of piperidine rings is 1. The lowest BCUT2D eigenvalue weighted by Crippen LogP contribution is -2.53. The monoisotopic (exact) mass is 351 g/mol. The van der Waals surface area contributed by atoms with Gasteiger partial charge in [0.1, 0.15) is 11.6 Å². The summed E-state index contributed by atoms with van der Waals surface area (Å²) in [5, 5.41) is 10.2.